The van der Waals surface area contributed by atoms with Crippen LogP contribution < -0.4 is 5.32 Å². The number of carbonyl (C=O) groups excluding carboxylic acids is 2. The summed E-state index contributed by atoms with van der Waals surface area (Å²) in [6.07, 6.45) is 10.8. The molecule has 1 aromatic rings. The highest BCUT2D eigenvalue weighted by atomic mass is 16.2. The molecule has 1 N–H and O–H groups in total. The molecule has 1 aromatic carbocycles. The maximum Gasteiger partial charge on any atom is 0.246 e. The highest BCUT2D eigenvalue weighted by Gasteiger charge is 2.61. The van der Waals surface area contributed by atoms with Gasteiger partial charge in [0.05, 0.1) is 0 Å². The smallest absolute Gasteiger partial charge is 0.246 e. The van der Waals surface area contributed by atoms with Crippen LogP contribution in [0, 0.1) is 34.5 Å². The highest BCUT2D eigenvalue weighted by molar-refractivity contribution is 5.89. The maximum atomic E-state index is 13.2. The Morgan fingerprint density at radius 1 is 1.06 bits per heavy atom. The average molecular weight is 421 g/mol. The van der Waals surface area contributed by atoms with Gasteiger partial charge in [-0.25, -0.2) is 0 Å². The standard InChI is InChI=1S/C27H36N2O2/c1-26-15-13-21-19(9-12-23-27(21,2)16-14-24(30)29(23)3)20(26)10-11-22(26)25(31)28-17-18-7-5-4-6-8-18/h4-8,14,16,19-23H,9-13,15,17H2,1-3H3,(H,28,31)/t19-,20-,21-,22+,23+,26-,27+/m0/s1. The van der Waals surface area contributed by atoms with E-state index in [9.17, 15) is 9.59 Å². The van der Waals surface area contributed by atoms with Crippen molar-refractivity contribution in [1.29, 1.82) is 0 Å². The predicted molar refractivity (Wildman–Crippen MR) is 122 cm³/mol. The predicted octanol–water partition coefficient (Wildman–Crippen LogP) is 4.56. The molecule has 166 valence electrons. The van der Waals surface area contributed by atoms with Gasteiger partial charge in [0.25, 0.3) is 0 Å². The molecule has 5 rings (SSSR count). The second-order valence-corrected chi connectivity index (χ2v) is 11.0. The number of hydrogen-bond donors (Lipinski definition) is 1. The first-order valence-electron chi connectivity index (χ1n) is 12.1. The molecule has 0 unspecified atom stereocenters. The van der Waals surface area contributed by atoms with Crippen molar-refractivity contribution in [2.24, 2.45) is 34.5 Å². The molecule has 3 saturated carbocycles. The Morgan fingerprint density at radius 2 is 1.84 bits per heavy atom. The highest BCUT2D eigenvalue weighted by Crippen LogP contribution is 2.65. The molecule has 0 aromatic heterocycles. The third-order valence-corrected chi connectivity index (χ3v) is 9.75. The second kappa shape index (κ2) is 7.50. The monoisotopic (exact) mass is 420 g/mol. The fourth-order valence-electron chi connectivity index (χ4n) is 8.08. The average Bonchev–Trinajstić information content (AvgIpc) is 3.13. The van der Waals surface area contributed by atoms with Gasteiger partial charge in [0.2, 0.25) is 11.8 Å². The molecule has 3 aliphatic carbocycles. The van der Waals surface area contributed by atoms with Crippen LogP contribution in [0.2, 0.25) is 0 Å². The van der Waals surface area contributed by atoms with E-state index in [1.54, 1.807) is 6.08 Å². The third-order valence-electron chi connectivity index (χ3n) is 9.75. The summed E-state index contributed by atoms with van der Waals surface area (Å²) in [6.45, 7) is 5.40. The Morgan fingerprint density at radius 3 is 2.61 bits per heavy atom. The van der Waals surface area contributed by atoms with Gasteiger partial charge in [-0.1, -0.05) is 50.3 Å². The molecule has 4 heteroatoms. The maximum absolute atomic E-state index is 13.2. The van der Waals surface area contributed by atoms with Crippen LogP contribution in [0.3, 0.4) is 0 Å². The van der Waals surface area contributed by atoms with Crippen molar-refractivity contribution in [3.8, 4) is 0 Å². The van der Waals surface area contributed by atoms with Crippen molar-refractivity contribution < 1.29 is 9.59 Å². The number of likely N-dealkylation sites (N-methyl/N-ethyl adjacent to an activating group) is 1. The molecule has 0 bridgehead atoms. The van der Waals surface area contributed by atoms with Crippen molar-refractivity contribution in [2.75, 3.05) is 7.05 Å². The van der Waals surface area contributed by atoms with Gasteiger partial charge in [0.15, 0.2) is 0 Å². The van der Waals surface area contributed by atoms with Gasteiger partial charge in [0.1, 0.15) is 0 Å². The molecule has 4 nitrogen and oxygen atoms in total. The number of nitrogens with one attached hydrogen (secondary N) is 1. The summed E-state index contributed by atoms with van der Waals surface area (Å²) >= 11 is 0. The van der Waals surface area contributed by atoms with Crippen molar-refractivity contribution in [1.82, 2.24) is 10.2 Å². The quantitative estimate of drug-likeness (QED) is 0.779. The third kappa shape index (κ3) is 3.16. The van der Waals surface area contributed by atoms with Crippen LogP contribution in [0.25, 0.3) is 0 Å². The molecular formula is C27H36N2O2. The Balaban J connectivity index is 1.33. The first-order chi connectivity index (χ1) is 14.8. The first kappa shape index (κ1) is 20.8. The summed E-state index contributed by atoms with van der Waals surface area (Å²) in [6, 6.07) is 10.5. The Labute approximate surface area is 186 Å². The molecular weight excluding hydrogens is 384 g/mol. The summed E-state index contributed by atoms with van der Waals surface area (Å²) in [5, 5.41) is 3.24. The zero-order valence-electron chi connectivity index (χ0n) is 19.1. The van der Waals surface area contributed by atoms with E-state index < -0.39 is 0 Å². The zero-order chi connectivity index (χ0) is 21.8. The summed E-state index contributed by atoms with van der Waals surface area (Å²) < 4.78 is 0. The zero-order valence-corrected chi connectivity index (χ0v) is 19.1. The molecule has 1 aliphatic heterocycles. The summed E-state index contributed by atoms with van der Waals surface area (Å²) in [5.41, 5.74) is 1.33. The molecule has 7 atom stereocenters. The SMILES string of the molecule is CN1C(=O)C=C[C@]2(C)[C@H]3CC[C@]4(C)[C@@H](C(=O)NCc5ccccc5)CC[C@H]4[C@@H]3CC[C@@H]12. The molecule has 0 radical (unpaired) electrons. The van der Waals surface area contributed by atoms with Crippen LogP contribution in [0.4, 0.5) is 0 Å². The minimum absolute atomic E-state index is 0.0700. The van der Waals surface area contributed by atoms with Crippen LogP contribution >= 0.6 is 0 Å². The van der Waals surface area contributed by atoms with E-state index in [-0.39, 0.29) is 28.6 Å². The van der Waals surface area contributed by atoms with Crippen molar-refractivity contribution in [3.63, 3.8) is 0 Å². The van der Waals surface area contributed by atoms with Gasteiger partial charge in [-0.2, -0.15) is 0 Å². The number of amides is 2. The molecule has 2 amide bonds. The van der Waals surface area contributed by atoms with Crippen molar-refractivity contribution >= 4 is 11.8 Å². The molecule has 3 fully saturated rings. The van der Waals surface area contributed by atoms with Gasteiger partial charge < -0.3 is 10.2 Å². The number of fused-ring (bicyclic) bond motifs is 5. The number of carbonyl (C=O) groups is 2. The van der Waals surface area contributed by atoms with Crippen LogP contribution in [-0.4, -0.2) is 29.8 Å². The Bertz CT molecular complexity index is 896. The number of rotatable bonds is 3. The van der Waals surface area contributed by atoms with E-state index in [0.29, 0.717) is 30.3 Å². The van der Waals surface area contributed by atoms with E-state index in [4.69, 9.17) is 0 Å². The number of hydrogen-bond acceptors (Lipinski definition) is 2. The van der Waals surface area contributed by atoms with Crippen LogP contribution in [0.1, 0.15) is 57.9 Å². The fourth-order valence-corrected chi connectivity index (χ4v) is 8.08. The number of benzene rings is 1. The van der Waals surface area contributed by atoms with Crippen molar-refractivity contribution in [2.45, 2.75) is 65.0 Å². The fraction of sp³-hybridized carbons (Fsp3) is 0.630. The lowest BCUT2D eigenvalue weighted by Gasteiger charge is -2.60. The second-order valence-electron chi connectivity index (χ2n) is 11.0. The van der Waals surface area contributed by atoms with Crippen LogP contribution in [0.5, 0.6) is 0 Å². The van der Waals surface area contributed by atoms with E-state index in [2.05, 4.69) is 37.4 Å². The van der Waals surface area contributed by atoms with E-state index in [1.807, 2.05) is 30.1 Å². The Kier molecular flexibility index (Phi) is 5.02. The molecule has 1 heterocycles. The van der Waals surface area contributed by atoms with E-state index in [0.717, 1.165) is 24.8 Å². The molecule has 4 aliphatic rings. The van der Waals surface area contributed by atoms with Gasteiger partial charge in [-0.3, -0.25) is 9.59 Å². The van der Waals surface area contributed by atoms with Gasteiger partial charge in [0, 0.05) is 31.0 Å². The lowest BCUT2D eigenvalue weighted by Crippen LogP contribution is -2.59. The van der Waals surface area contributed by atoms with Gasteiger partial charge in [-0.05, 0) is 73.3 Å². The molecule has 0 spiro atoms. The minimum atomic E-state index is 0.0700. The lowest BCUT2D eigenvalue weighted by molar-refractivity contribution is -0.142. The van der Waals surface area contributed by atoms with Gasteiger partial charge in [-0.15, -0.1) is 0 Å². The largest absolute Gasteiger partial charge is 0.352 e. The Hall–Kier alpha value is -2.10. The normalized spacial score (nSPS) is 41.3. The first-order valence-corrected chi connectivity index (χ1v) is 12.1. The molecule has 0 saturated heterocycles. The van der Waals surface area contributed by atoms with Gasteiger partial charge >= 0.3 is 0 Å². The van der Waals surface area contributed by atoms with E-state index in [1.165, 1.54) is 19.3 Å². The van der Waals surface area contributed by atoms with Crippen LogP contribution in [-0.2, 0) is 16.1 Å². The topological polar surface area (TPSA) is 49.4 Å². The molecule has 31 heavy (non-hydrogen) atoms. The minimum Gasteiger partial charge on any atom is -0.352 e. The number of nitrogens with zero attached hydrogens (tertiary/aromatic N) is 1. The van der Waals surface area contributed by atoms with Crippen LogP contribution in [0.15, 0.2) is 42.5 Å². The lowest BCUT2D eigenvalue weighted by atomic mass is 9.47. The van der Waals surface area contributed by atoms with Crippen molar-refractivity contribution in [3.05, 3.63) is 48.0 Å². The summed E-state index contributed by atoms with van der Waals surface area (Å²) in [5.74, 6) is 2.42. The van der Waals surface area contributed by atoms with E-state index >= 15 is 0 Å². The summed E-state index contributed by atoms with van der Waals surface area (Å²) in [4.78, 5) is 27.5. The summed E-state index contributed by atoms with van der Waals surface area (Å²) in [7, 11) is 1.98.